The molecule has 1 N–H and O–H groups in total. The van der Waals surface area contributed by atoms with E-state index in [0.29, 0.717) is 0 Å². The van der Waals surface area contributed by atoms with Gasteiger partial charge < -0.3 is 5.32 Å². The Bertz CT molecular complexity index is 1310. The van der Waals surface area contributed by atoms with Crippen molar-refractivity contribution in [3.8, 4) is 22.3 Å². The molecule has 0 heterocycles. The van der Waals surface area contributed by atoms with Gasteiger partial charge in [0.2, 0.25) is 0 Å². The monoisotopic (exact) mass is 401 g/mol. The molecular formula is C30H27N. The highest BCUT2D eigenvalue weighted by molar-refractivity contribution is 5.88. The lowest BCUT2D eigenvalue weighted by atomic mass is 9.73. The highest BCUT2D eigenvalue weighted by Gasteiger charge is 2.42. The van der Waals surface area contributed by atoms with Crippen molar-refractivity contribution in [1.82, 2.24) is 0 Å². The molecule has 31 heavy (non-hydrogen) atoms. The van der Waals surface area contributed by atoms with Gasteiger partial charge in [-0.3, -0.25) is 0 Å². The van der Waals surface area contributed by atoms with Crippen molar-refractivity contribution in [2.24, 2.45) is 0 Å². The first kappa shape index (κ1) is 18.4. The third kappa shape index (κ3) is 2.56. The molecule has 2 aliphatic carbocycles. The van der Waals surface area contributed by atoms with E-state index in [2.05, 4.69) is 104 Å². The maximum atomic E-state index is 3.82. The fourth-order valence-corrected chi connectivity index (χ4v) is 6.03. The third-order valence-corrected chi connectivity index (χ3v) is 7.56. The SMILES string of the molecule is CCC1(CC)c2ccccc2-c2cccc(Nc3ccc4c(c3)Cc3ccccc3-4)c21. The zero-order valence-corrected chi connectivity index (χ0v) is 18.2. The van der Waals surface area contributed by atoms with Gasteiger partial charge in [-0.15, -0.1) is 0 Å². The molecule has 152 valence electrons. The van der Waals surface area contributed by atoms with Gasteiger partial charge >= 0.3 is 0 Å². The van der Waals surface area contributed by atoms with Crippen LogP contribution in [-0.2, 0) is 11.8 Å². The minimum atomic E-state index is 0.0719. The van der Waals surface area contributed by atoms with Gasteiger partial charge in [0.1, 0.15) is 0 Å². The molecule has 0 fully saturated rings. The number of hydrogen-bond acceptors (Lipinski definition) is 1. The number of anilines is 2. The largest absolute Gasteiger partial charge is 0.355 e. The molecule has 0 aliphatic heterocycles. The Labute approximate surface area is 184 Å². The second-order valence-electron chi connectivity index (χ2n) is 8.89. The first-order valence-corrected chi connectivity index (χ1v) is 11.5. The Balaban J connectivity index is 1.44. The molecule has 0 saturated carbocycles. The van der Waals surface area contributed by atoms with Crippen molar-refractivity contribution in [2.75, 3.05) is 5.32 Å². The van der Waals surface area contributed by atoms with Crippen LogP contribution in [0.1, 0.15) is 48.9 Å². The quantitative estimate of drug-likeness (QED) is 0.321. The summed E-state index contributed by atoms with van der Waals surface area (Å²) in [5.41, 5.74) is 13.8. The molecule has 0 unspecified atom stereocenters. The summed E-state index contributed by atoms with van der Waals surface area (Å²) < 4.78 is 0. The zero-order chi connectivity index (χ0) is 21.0. The lowest BCUT2D eigenvalue weighted by molar-refractivity contribution is 0.492. The van der Waals surface area contributed by atoms with Crippen LogP contribution in [0.3, 0.4) is 0 Å². The van der Waals surface area contributed by atoms with Gasteiger partial charge in [0, 0.05) is 16.8 Å². The maximum Gasteiger partial charge on any atom is 0.0432 e. The lowest BCUT2D eigenvalue weighted by Crippen LogP contribution is -2.24. The number of fused-ring (bicyclic) bond motifs is 6. The number of rotatable bonds is 4. The standard InChI is InChI=1S/C30H27N/c1-3-30(4-2)27-14-8-7-12-25(27)26-13-9-15-28(29(26)30)31-22-16-17-24-21(19-22)18-20-10-5-6-11-23(20)24/h5-17,19,31H,3-4,18H2,1-2H3. The van der Waals surface area contributed by atoms with E-state index in [1.165, 1.54) is 55.9 Å². The van der Waals surface area contributed by atoms with E-state index in [1.807, 2.05) is 0 Å². The van der Waals surface area contributed by atoms with Crippen molar-refractivity contribution in [3.63, 3.8) is 0 Å². The molecule has 4 aromatic rings. The van der Waals surface area contributed by atoms with Gasteiger partial charge in [0.15, 0.2) is 0 Å². The molecule has 2 aliphatic rings. The Morgan fingerprint density at radius 1 is 0.677 bits per heavy atom. The summed E-state index contributed by atoms with van der Waals surface area (Å²) in [6.45, 7) is 4.66. The molecule has 0 radical (unpaired) electrons. The second-order valence-corrected chi connectivity index (χ2v) is 8.89. The first-order valence-electron chi connectivity index (χ1n) is 11.5. The molecule has 0 atom stereocenters. The highest BCUT2D eigenvalue weighted by Crippen LogP contribution is 2.55. The first-order chi connectivity index (χ1) is 15.2. The Hall–Kier alpha value is -3.32. The number of hydrogen-bond donors (Lipinski definition) is 1. The van der Waals surface area contributed by atoms with E-state index in [0.717, 1.165) is 19.3 Å². The van der Waals surface area contributed by atoms with E-state index in [-0.39, 0.29) is 5.41 Å². The molecule has 1 heteroatoms. The topological polar surface area (TPSA) is 12.0 Å². The van der Waals surface area contributed by atoms with Gasteiger partial charge in [-0.2, -0.15) is 0 Å². The molecule has 6 rings (SSSR count). The van der Waals surface area contributed by atoms with Crippen LogP contribution in [0.4, 0.5) is 11.4 Å². The van der Waals surface area contributed by atoms with Gasteiger partial charge in [0.25, 0.3) is 0 Å². The fourth-order valence-electron chi connectivity index (χ4n) is 6.03. The summed E-state index contributed by atoms with van der Waals surface area (Å²) in [5.74, 6) is 0. The predicted octanol–water partition coefficient (Wildman–Crippen LogP) is 8.09. The lowest BCUT2D eigenvalue weighted by Gasteiger charge is -2.31. The second kappa shape index (κ2) is 6.85. The van der Waals surface area contributed by atoms with Crippen molar-refractivity contribution in [2.45, 2.75) is 38.5 Å². The third-order valence-electron chi connectivity index (χ3n) is 7.56. The van der Waals surface area contributed by atoms with Crippen molar-refractivity contribution >= 4 is 11.4 Å². The van der Waals surface area contributed by atoms with Crippen LogP contribution in [-0.4, -0.2) is 0 Å². The molecule has 4 aromatic carbocycles. The Morgan fingerprint density at radius 3 is 2.23 bits per heavy atom. The van der Waals surface area contributed by atoms with Crippen LogP contribution in [0.15, 0.2) is 84.9 Å². The molecule has 0 amide bonds. The Kier molecular flexibility index (Phi) is 4.08. The summed E-state index contributed by atoms with van der Waals surface area (Å²) in [5, 5.41) is 3.82. The predicted molar refractivity (Wildman–Crippen MR) is 131 cm³/mol. The highest BCUT2D eigenvalue weighted by atomic mass is 14.9. The van der Waals surface area contributed by atoms with Gasteiger partial charge in [-0.25, -0.2) is 0 Å². The van der Waals surface area contributed by atoms with Crippen LogP contribution in [0.5, 0.6) is 0 Å². The Morgan fingerprint density at radius 2 is 1.39 bits per heavy atom. The van der Waals surface area contributed by atoms with Gasteiger partial charge in [0.05, 0.1) is 0 Å². The van der Waals surface area contributed by atoms with Gasteiger partial charge in [-0.1, -0.05) is 80.6 Å². The molecule has 0 aromatic heterocycles. The van der Waals surface area contributed by atoms with E-state index < -0.39 is 0 Å². The van der Waals surface area contributed by atoms with E-state index in [1.54, 1.807) is 0 Å². The molecule has 0 spiro atoms. The average Bonchev–Trinajstić information content (AvgIpc) is 3.33. The summed E-state index contributed by atoms with van der Waals surface area (Å²) in [6, 6.07) is 31.4. The molecule has 0 bridgehead atoms. The van der Waals surface area contributed by atoms with E-state index in [4.69, 9.17) is 0 Å². The van der Waals surface area contributed by atoms with Crippen LogP contribution in [0, 0.1) is 0 Å². The summed E-state index contributed by atoms with van der Waals surface area (Å²) in [4.78, 5) is 0. The molecule has 1 nitrogen and oxygen atoms in total. The fraction of sp³-hybridized carbons (Fsp3) is 0.200. The van der Waals surface area contributed by atoms with E-state index in [9.17, 15) is 0 Å². The smallest absolute Gasteiger partial charge is 0.0432 e. The van der Waals surface area contributed by atoms with Gasteiger partial charge in [-0.05, 0) is 82.0 Å². The van der Waals surface area contributed by atoms with E-state index >= 15 is 0 Å². The average molecular weight is 402 g/mol. The maximum absolute atomic E-state index is 3.82. The summed E-state index contributed by atoms with van der Waals surface area (Å²) in [7, 11) is 0. The minimum Gasteiger partial charge on any atom is -0.355 e. The number of benzene rings is 4. The minimum absolute atomic E-state index is 0.0719. The van der Waals surface area contributed by atoms with Crippen LogP contribution in [0.2, 0.25) is 0 Å². The summed E-state index contributed by atoms with van der Waals surface area (Å²) in [6.07, 6.45) is 3.23. The normalized spacial score (nSPS) is 14.5. The molecular weight excluding hydrogens is 374 g/mol. The van der Waals surface area contributed by atoms with Crippen molar-refractivity contribution < 1.29 is 0 Å². The van der Waals surface area contributed by atoms with Crippen LogP contribution < -0.4 is 5.32 Å². The summed E-state index contributed by atoms with van der Waals surface area (Å²) >= 11 is 0. The zero-order valence-electron chi connectivity index (χ0n) is 18.2. The van der Waals surface area contributed by atoms with Crippen molar-refractivity contribution in [1.29, 1.82) is 0 Å². The number of nitrogens with one attached hydrogen (secondary N) is 1. The molecule has 0 saturated heterocycles. The van der Waals surface area contributed by atoms with Crippen molar-refractivity contribution in [3.05, 3.63) is 107 Å². The van der Waals surface area contributed by atoms with Crippen LogP contribution in [0.25, 0.3) is 22.3 Å². The van der Waals surface area contributed by atoms with Crippen LogP contribution >= 0.6 is 0 Å².